The Labute approximate surface area is 162 Å². The molecule has 0 unspecified atom stereocenters. The molecule has 5 rings (SSSR count). The monoisotopic (exact) mass is 372 g/mol. The molecule has 140 valence electrons. The molecule has 4 heterocycles. The van der Waals surface area contributed by atoms with Gasteiger partial charge in [0.25, 0.3) is 0 Å². The lowest BCUT2D eigenvalue weighted by atomic mass is 10.1. The van der Waals surface area contributed by atoms with Crippen LogP contribution in [0.1, 0.15) is 30.3 Å². The van der Waals surface area contributed by atoms with Crippen LogP contribution in [0.25, 0.3) is 22.6 Å². The van der Waals surface area contributed by atoms with Gasteiger partial charge in [-0.3, -0.25) is 15.0 Å². The first-order valence-corrected chi connectivity index (χ1v) is 9.44. The fourth-order valence-corrected chi connectivity index (χ4v) is 3.79. The smallest absolute Gasteiger partial charge is 0.244 e. The second-order valence-corrected chi connectivity index (χ2v) is 6.96. The molecule has 1 atom stereocenters. The van der Waals surface area contributed by atoms with Gasteiger partial charge in [0.2, 0.25) is 11.7 Å². The number of rotatable bonds is 5. The molecule has 0 amide bonds. The number of aromatic amines is 1. The number of benzene rings is 1. The summed E-state index contributed by atoms with van der Waals surface area (Å²) in [5.41, 5.74) is 4.29. The van der Waals surface area contributed by atoms with Crippen molar-refractivity contribution in [2.45, 2.75) is 25.4 Å². The molecule has 0 bridgehead atoms. The molecule has 0 aliphatic carbocycles. The summed E-state index contributed by atoms with van der Waals surface area (Å²) < 4.78 is 5.62. The van der Waals surface area contributed by atoms with Crippen molar-refractivity contribution in [3.63, 3.8) is 0 Å². The SMILES string of the molecule is c1ccc(-c2[nH]ncc2CN2CCC[C@@H]2c2nc(-c3ccncc3)no2)cc1. The van der Waals surface area contributed by atoms with Gasteiger partial charge in [-0.05, 0) is 37.1 Å². The third-order valence-corrected chi connectivity index (χ3v) is 5.18. The van der Waals surface area contributed by atoms with Crippen LogP contribution in [0.15, 0.2) is 65.6 Å². The predicted molar refractivity (Wildman–Crippen MR) is 104 cm³/mol. The van der Waals surface area contributed by atoms with Gasteiger partial charge in [-0.1, -0.05) is 35.5 Å². The maximum Gasteiger partial charge on any atom is 0.244 e. The molecule has 1 aliphatic heterocycles. The van der Waals surface area contributed by atoms with Crippen LogP contribution in [-0.4, -0.2) is 36.8 Å². The van der Waals surface area contributed by atoms with E-state index >= 15 is 0 Å². The van der Waals surface area contributed by atoms with Crippen molar-refractivity contribution in [1.82, 2.24) is 30.2 Å². The van der Waals surface area contributed by atoms with Gasteiger partial charge < -0.3 is 4.52 Å². The predicted octanol–water partition coefficient (Wildman–Crippen LogP) is 3.86. The van der Waals surface area contributed by atoms with Gasteiger partial charge in [-0.25, -0.2) is 0 Å². The van der Waals surface area contributed by atoms with Crippen molar-refractivity contribution < 1.29 is 4.52 Å². The van der Waals surface area contributed by atoms with E-state index < -0.39 is 0 Å². The molecule has 1 saturated heterocycles. The molecule has 4 aromatic rings. The highest BCUT2D eigenvalue weighted by Gasteiger charge is 2.31. The number of hydrogen-bond acceptors (Lipinski definition) is 6. The molecule has 28 heavy (non-hydrogen) atoms. The highest BCUT2D eigenvalue weighted by Crippen LogP contribution is 2.34. The Morgan fingerprint density at radius 3 is 2.79 bits per heavy atom. The zero-order valence-corrected chi connectivity index (χ0v) is 15.3. The zero-order valence-electron chi connectivity index (χ0n) is 15.3. The minimum atomic E-state index is 0.126. The zero-order chi connectivity index (χ0) is 18.8. The van der Waals surface area contributed by atoms with Gasteiger partial charge in [0.15, 0.2) is 0 Å². The Hall–Kier alpha value is -3.32. The van der Waals surface area contributed by atoms with Gasteiger partial charge >= 0.3 is 0 Å². The van der Waals surface area contributed by atoms with E-state index in [2.05, 4.69) is 42.4 Å². The lowest BCUT2D eigenvalue weighted by Gasteiger charge is -2.21. The van der Waals surface area contributed by atoms with Gasteiger partial charge in [0.05, 0.1) is 17.9 Å². The summed E-state index contributed by atoms with van der Waals surface area (Å²) in [6, 6.07) is 14.2. The van der Waals surface area contributed by atoms with Gasteiger partial charge in [-0.15, -0.1) is 0 Å². The minimum absolute atomic E-state index is 0.126. The molecule has 1 N–H and O–H groups in total. The molecule has 7 nitrogen and oxygen atoms in total. The summed E-state index contributed by atoms with van der Waals surface area (Å²) in [6.07, 6.45) is 7.50. The molecule has 3 aromatic heterocycles. The van der Waals surface area contributed by atoms with E-state index in [1.54, 1.807) is 12.4 Å². The molecular formula is C21H20N6O. The Morgan fingerprint density at radius 2 is 1.93 bits per heavy atom. The van der Waals surface area contributed by atoms with E-state index in [1.165, 1.54) is 5.56 Å². The molecule has 0 radical (unpaired) electrons. The van der Waals surface area contributed by atoms with Crippen LogP contribution in [0, 0.1) is 0 Å². The average molecular weight is 372 g/mol. The first-order chi connectivity index (χ1) is 13.9. The lowest BCUT2D eigenvalue weighted by molar-refractivity contribution is 0.201. The van der Waals surface area contributed by atoms with Gasteiger partial charge in [0, 0.05) is 30.1 Å². The van der Waals surface area contributed by atoms with Crippen LogP contribution in [0.3, 0.4) is 0 Å². The highest BCUT2D eigenvalue weighted by molar-refractivity contribution is 5.62. The summed E-state index contributed by atoms with van der Waals surface area (Å²) in [5.74, 6) is 1.28. The summed E-state index contributed by atoms with van der Waals surface area (Å²) in [4.78, 5) is 11.1. The third kappa shape index (κ3) is 3.20. The molecule has 7 heteroatoms. The molecular weight excluding hydrogens is 352 g/mol. The Morgan fingerprint density at radius 1 is 1.07 bits per heavy atom. The second-order valence-electron chi connectivity index (χ2n) is 6.96. The van der Waals surface area contributed by atoms with E-state index in [9.17, 15) is 0 Å². The molecule has 0 saturated carbocycles. The van der Waals surface area contributed by atoms with Gasteiger partial charge in [0.1, 0.15) is 0 Å². The summed E-state index contributed by atoms with van der Waals surface area (Å²) >= 11 is 0. The number of hydrogen-bond donors (Lipinski definition) is 1. The summed E-state index contributed by atoms with van der Waals surface area (Å²) in [5, 5.41) is 11.6. The Bertz CT molecular complexity index is 1040. The number of nitrogens with zero attached hydrogens (tertiary/aromatic N) is 5. The Kier molecular flexibility index (Phi) is 4.42. The standard InChI is InChI=1S/C21H20N6O/c1-2-5-15(6-3-1)19-17(13-23-25-19)14-27-12-4-7-18(27)21-24-20(26-28-21)16-8-10-22-11-9-16/h1-3,5-6,8-11,13,18H,4,7,12,14H2,(H,23,25)/t18-/m1/s1. The van der Waals surface area contributed by atoms with E-state index in [1.807, 2.05) is 36.5 Å². The number of H-pyrrole nitrogens is 1. The normalized spacial score (nSPS) is 17.2. The average Bonchev–Trinajstić information content (AvgIpc) is 3.50. The molecule has 0 spiro atoms. The lowest BCUT2D eigenvalue weighted by Crippen LogP contribution is -2.23. The van der Waals surface area contributed by atoms with Crippen molar-refractivity contribution in [2.24, 2.45) is 0 Å². The van der Waals surface area contributed by atoms with Crippen LogP contribution in [-0.2, 0) is 6.54 Å². The van der Waals surface area contributed by atoms with E-state index in [-0.39, 0.29) is 6.04 Å². The van der Waals surface area contributed by atoms with E-state index in [4.69, 9.17) is 4.52 Å². The minimum Gasteiger partial charge on any atom is -0.337 e. The first-order valence-electron chi connectivity index (χ1n) is 9.44. The largest absolute Gasteiger partial charge is 0.337 e. The number of aromatic nitrogens is 5. The van der Waals surface area contributed by atoms with Crippen LogP contribution in [0.5, 0.6) is 0 Å². The van der Waals surface area contributed by atoms with Crippen molar-refractivity contribution in [3.8, 4) is 22.6 Å². The molecule has 1 fully saturated rings. The summed E-state index contributed by atoms with van der Waals surface area (Å²) in [6.45, 7) is 1.79. The third-order valence-electron chi connectivity index (χ3n) is 5.18. The fraction of sp³-hybridized carbons (Fsp3) is 0.238. The van der Waals surface area contributed by atoms with Crippen molar-refractivity contribution in [2.75, 3.05) is 6.54 Å². The van der Waals surface area contributed by atoms with Crippen LogP contribution in [0.2, 0.25) is 0 Å². The Balaban J connectivity index is 1.38. The van der Waals surface area contributed by atoms with E-state index in [0.29, 0.717) is 11.7 Å². The molecule has 1 aliphatic rings. The quantitative estimate of drug-likeness (QED) is 0.573. The summed E-state index contributed by atoms with van der Waals surface area (Å²) in [7, 11) is 0. The van der Waals surface area contributed by atoms with Crippen LogP contribution >= 0.6 is 0 Å². The molecule has 1 aromatic carbocycles. The van der Waals surface area contributed by atoms with Crippen molar-refractivity contribution in [3.05, 3.63) is 72.5 Å². The van der Waals surface area contributed by atoms with Gasteiger partial charge in [-0.2, -0.15) is 10.1 Å². The highest BCUT2D eigenvalue weighted by atomic mass is 16.5. The number of pyridine rings is 1. The van der Waals surface area contributed by atoms with Crippen LogP contribution in [0.4, 0.5) is 0 Å². The maximum atomic E-state index is 5.62. The number of likely N-dealkylation sites (tertiary alicyclic amines) is 1. The van der Waals surface area contributed by atoms with Crippen molar-refractivity contribution >= 4 is 0 Å². The fourth-order valence-electron chi connectivity index (χ4n) is 3.79. The maximum absolute atomic E-state index is 5.62. The number of nitrogens with one attached hydrogen (secondary N) is 1. The second kappa shape index (κ2) is 7.36. The van der Waals surface area contributed by atoms with Crippen molar-refractivity contribution in [1.29, 1.82) is 0 Å². The topological polar surface area (TPSA) is 83.7 Å². The first kappa shape index (κ1) is 16.8. The van der Waals surface area contributed by atoms with E-state index in [0.717, 1.165) is 42.8 Å². The van der Waals surface area contributed by atoms with Crippen LogP contribution < -0.4 is 0 Å².